The van der Waals surface area contributed by atoms with Gasteiger partial charge in [0.1, 0.15) is 5.75 Å². The molecular formula is C22H28ClN3O2. The lowest BCUT2D eigenvalue weighted by Gasteiger charge is -2.37. The Hall–Kier alpha value is -2.24. The van der Waals surface area contributed by atoms with E-state index in [1.165, 1.54) is 5.56 Å². The lowest BCUT2D eigenvalue weighted by Crippen LogP contribution is -2.39. The fourth-order valence-electron chi connectivity index (χ4n) is 3.59. The third-order valence-electron chi connectivity index (χ3n) is 5.33. The molecule has 0 unspecified atom stereocenters. The van der Waals surface area contributed by atoms with Crippen molar-refractivity contribution in [3.63, 3.8) is 0 Å². The smallest absolute Gasteiger partial charge is 0.188 e. The predicted octanol–water partition coefficient (Wildman–Crippen LogP) is 3.54. The summed E-state index contributed by atoms with van der Waals surface area (Å²) in [5, 5.41) is 4.00. The molecule has 0 radical (unpaired) electrons. The molecule has 1 heterocycles. The van der Waals surface area contributed by atoms with E-state index in [0.29, 0.717) is 25.7 Å². The highest BCUT2D eigenvalue weighted by molar-refractivity contribution is 6.31. The van der Waals surface area contributed by atoms with Crippen LogP contribution < -0.4 is 15.8 Å². The lowest BCUT2D eigenvalue weighted by molar-refractivity contribution is 0.0531. The summed E-state index contributed by atoms with van der Waals surface area (Å²) < 4.78 is 10.8. The summed E-state index contributed by atoms with van der Waals surface area (Å²) >= 11 is 6.49. The van der Waals surface area contributed by atoms with E-state index >= 15 is 0 Å². The van der Waals surface area contributed by atoms with Crippen molar-refractivity contribution in [3.8, 4) is 5.75 Å². The highest BCUT2D eigenvalue weighted by Crippen LogP contribution is 2.38. The molecule has 0 bridgehead atoms. The molecule has 1 aliphatic heterocycles. The minimum atomic E-state index is -0.126. The summed E-state index contributed by atoms with van der Waals surface area (Å²) in [4.78, 5) is 4.65. The number of nitrogens with zero attached hydrogens (tertiary/aromatic N) is 1. The molecule has 28 heavy (non-hydrogen) atoms. The molecule has 150 valence electrons. The number of nitrogens with one attached hydrogen (secondary N) is 1. The maximum Gasteiger partial charge on any atom is 0.188 e. The third kappa shape index (κ3) is 5.18. The first kappa shape index (κ1) is 20.5. The number of aliphatic imine (C=N–C) groups is 1. The van der Waals surface area contributed by atoms with E-state index in [-0.39, 0.29) is 5.41 Å². The third-order valence-corrected chi connectivity index (χ3v) is 5.66. The zero-order chi connectivity index (χ0) is 19.8. The molecule has 2 aromatic rings. The van der Waals surface area contributed by atoms with E-state index in [9.17, 15) is 0 Å². The molecule has 0 aromatic heterocycles. The molecule has 0 atom stereocenters. The Bertz CT molecular complexity index is 787. The molecule has 0 amide bonds. The number of hydrogen-bond donors (Lipinski definition) is 2. The standard InChI is InChI=1S/C22H28ClN3O2/c1-27-18-8-6-17(7-9-18)10-13-25-21(24)26-16-22(11-14-28-15-12-22)19-4-2-3-5-20(19)23/h2-9H,10-16H2,1H3,(H3,24,25,26). The molecule has 0 aliphatic carbocycles. The van der Waals surface area contributed by atoms with Crippen molar-refractivity contribution >= 4 is 17.6 Å². The van der Waals surface area contributed by atoms with Crippen LogP contribution in [-0.2, 0) is 16.6 Å². The van der Waals surface area contributed by atoms with Gasteiger partial charge < -0.3 is 20.5 Å². The maximum atomic E-state index is 6.49. The van der Waals surface area contributed by atoms with Crippen molar-refractivity contribution in [3.05, 3.63) is 64.7 Å². The molecule has 1 aliphatic rings. The summed E-state index contributed by atoms with van der Waals surface area (Å²) in [6.45, 7) is 2.75. The van der Waals surface area contributed by atoms with Gasteiger partial charge in [-0.1, -0.05) is 41.9 Å². The second-order valence-electron chi connectivity index (χ2n) is 7.10. The average Bonchev–Trinajstić information content (AvgIpc) is 2.74. The van der Waals surface area contributed by atoms with Crippen molar-refractivity contribution in [1.29, 1.82) is 0 Å². The van der Waals surface area contributed by atoms with Crippen LogP contribution in [0.15, 0.2) is 53.5 Å². The Morgan fingerprint density at radius 1 is 1.18 bits per heavy atom. The van der Waals surface area contributed by atoms with Crippen molar-refractivity contribution in [2.45, 2.75) is 24.7 Å². The van der Waals surface area contributed by atoms with E-state index < -0.39 is 0 Å². The number of hydrogen-bond acceptors (Lipinski definition) is 3. The quantitative estimate of drug-likeness (QED) is 0.550. The maximum absolute atomic E-state index is 6.49. The highest BCUT2D eigenvalue weighted by Gasteiger charge is 2.35. The van der Waals surface area contributed by atoms with E-state index in [4.69, 9.17) is 26.8 Å². The first-order chi connectivity index (χ1) is 13.6. The van der Waals surface area contributed by atoms with Gasteiger partial charge >= 0.3 is 0 Å². The van der Waals surface area contributed by atoms with Gasteiger partial charge in [0, 0.05) is 30.2 Å². The van der Waals surface area contributed by atoms with Crippen molar-refractivity contribution in [1.82, 2.24) is 5.32 Å². The summed E-state index contributed by atoms with van der Waals surface area (Å²) in [5.41, 5.74) is 8.36. The van der Waals surface area contributed by atoms with E-state index in [2.05, 4.69) is 28.5 Å². The first-order valence-electron chi connectivity index (χ1n) is 9.62. The van der Waals surface area contributed by atoms with Gasteiger partial charge in [-0.3, -0.25) is 4.99 Å². The largest absolute Gasteiger partial charge is 0.497 e. The highest BCUT2D eigenvalue weighted by atomic mass is 35.5. The zero-order valence-corrected chi connectivity index (χ0v) is 17.0. The zero-order valence-electron chi connectivity index (χ0n) is 16.3. The monoisotopic (exact) mass is 401 g/mol. The van der Waals surface area contributed by atoms with Gasteiger partial charge in [-0.15, -0.1) is 0 Å². The fraction of sp³-hybridized carbons (Fsp3) is 0.409. The number of halogens is 1. The summed E-state index contributed by atoms with van der Waals surface area (Å²) in [6.07, 6.45) is 2.64. The lowest BCUT2D eigenvalue weighted by atomic mass is 9.74. The Kier molecular flexibility index (Phi) is 7.18. The Balaban J connectivity index is 1.60. The van der Waals surface area contributed by atoms with Gasteiger partial charge in [0.25, 0.3) is 0 Å². The molecule has 1 fully saturated rings. The van der Waals surface area contributed by atoms with Crippen molar-refractivity contribution < 1.29 is 9.47 Å². The number of methoxy groups -OCH3 is 1. The van der Waals surface area contributed by atoms with Gasteiger partial charge in [0.05, 0.1) is 13.7 Å². The molecule has 2 aromatic carbocycles. The fourth-order valence-corrected chi connectivity index (χ4v) is 3.92. The van der Waals surface area contributed by atoms with Crippen LogP contribution in [0, 0.1) is 0 Å². The number of ether oxygens (including phenoxy) is 2. The van der Waals surface area contributed by atoms with Crippen LogP contribution >= 0.6 is 11.6 Å². The number of nitrogens with two attached hydrogens (primary N) is 1. The van der Waals surface area contributed by atoms with Crippen LogP contribution in [0.25, 0.3) is 0 Å². The number of rotatable bonds is 7. The SMILES string of the molecule is COc1ccc(CCNC(N)=NCC2(c3ccccc3Cl)CCOCC2)cc1. The molecule has 0 saturated carbocycles. The van der Waals surface area contributed by atoms with E-state index in [1.807, 2.05) is 30.3 Å². The predicted molar refractivity (Wildman–Crippen MR) is 114 cm³/mol. The molecule has 5 nitrogen and oxygen atoms in total. The van der Waals surface area contributed by atoms with Crippen LogP contribution in [-0.4, -0.2) is 39.4 Å². The van der Waals surface area contributed by atoms with Gasteiger partial charge in [0.15, 0.2) is 5.96 Å². The summed E-state index contributed by atoms with van der Waals surface area (Å²) in [6, 6.07) is 16.1. The minimum Gasteiger partial charge on any atom is -0.497 e. The van der Waals surface area contributed by atoms with Gasteiger partial charge in [-0.25, -0.2) is 0 Å². The van der Waals surface area contributed by atoms with Crippen LogP contribution in [0.3, 0.4) is 0 Å². The molecule has 1 saturated heterocycles. The molecule has 3 N–H and O–H groups in total. The first-order valence-corrected chi connectivity index (χ1v) is 10.0. The van der Waals surface area contributed by atoms with Crippen molar-refractivity contribution in [2.75, 3.05) is 33.4 Å². The topological polar surface area (TPSA) is 68.9 Å². The van der Waals surface area contributed by atoms with Gasteiger partial charge in [-0.05, 0) is 48.6 Å². The second-order valence-corrected chi connectivity index (χ2v) is 7.51. The number of benzene rings is 2. The van der Waals surface area contributed by atoms with Gasteiger partial charge in [0.2, 0.25) is 0 Å². The molecule has 3 rings (SSSR count). The Labute approximate surface area is 171 Å². The summed E-state index contributed by atoms with van der Waals surface area (Å²) in [5.74, 6) is 1.32. The average molecular weight is 402 g/mol. The van der Waals surface area contributed by atoms with E-state index in [1.54, 1.807) is 7.11 Å². The molecular weight excluding hydrogens is 374 g/mol. The molecule has 6 heteroatoms. The van der Waals surface area contributed by atoms with Crippen LogP contribution in [0.4, 0.5) is 0 Å². The normalized spacial score (nSPS) is 16.6. The number of guanidine groups is 1. The van der Waals surface area contributed by atoms with E-state index in [0.717, 1.165) is 42.1 Å². The van der Waals surface area contributed by atoms with Crippen LogP contribution in [0.2, 0.25) is 5.02 Å². The second kappa shape index (κ2) is 9.80. The van der Waals surface area contributed by atoms with Crippen LogP contribution in [0.5, 0.6) is 5.75 Å². The molecule has 0 spiro atoms. The Morgan fingerprint density at radius 2 is 1.89 bits per heavy atom. The van der Waals surface area contributed by atoms with Gasteiger partial charge in [-0.2, -0.15) is 0 Å². The van der Waals surface area contributed by atoms with Crippen molar-refractivity contribution in [2.24, 2.45) is 10.7 Å². The Morgan fingerprint density at radius 3 is 2.57 bits per heavy atom. The van der Waals surface area contributed by atoms with Crippen LogP contribution in [0.1, 0.15) is 24.0 Å². The summed E-state index contributed by atoms with van der Waals surface area (Å²) in [7, 11) is 1.67. The minimum absolute atomic E-state index is 0.126.